The summed E-state index contributed by atoms with van der Waals surface area (Å²) in [5.41, 5.74) is 2.95. The van der Waals surface area contributed by atoms with Gasteiger partial charge in [-0.1, -0.05) is 54.6 Å². The Morgan fingerprint density at radius 1 is 1.17 bits per heavy atom. The van der Waals surface area contributed by atoms with E-state index in [1.165, 1.54) is 55.6 Å². The fraction of sp³-hybridized carbons (Fsp3) is 0.200. The quantitative estimate of drug-likeness (QED) is 0.531. The van der Waals surface area contributed by atoms with E-state index in [0.717, 1.165) is 0 Å². The summed E-state index contributed by atoms with van der Waals surface area (Å²) in [6.07, 6.45) is -2.48. The molecule has 0 radical (unpaired) electrons. The highest BCUT2D eigenvalue weighted by molar-refractivity contribution is 7.86. The molecule has 0 unspecified atom stereocenters. The largest absolute Gasteiger partial charge is 0.469 e. The number of ether oxygens (including phenoxy) is 2. The van der Waals surface area contributed by atoms with Gasteiger partial charge in [0.15, 0.2) is 6.08 Å². The van der Waals surface area contributed by atoms with Gasteiger partial charge in [0.2, 0.25) is 17.4 Å². The van der Waals surface area contributed by atoms with Gasteiger partial charge >= 0.3 is 16.1 Å². The molecule has 1 heterocycles. The fourth-order valence-electron chi connectivity index (χ4n) is 2.48. The first-order valence-electron chi connectivity index (χ1n) is 9.81. The first-order chi connectivity index (χ1) is 14.9. The second-order valence-corrected chi connectivity index (χ2v) is 7.19. The van der Waals surface area contributed by atoms with E-state index in [2.05, 4.69) is 4.74 Å². The van der Waals surface area contributed by atoms with Crippen LogP contribution in [0.3, 0.4) is 0 Å². The molecule has 2 aromatic carbocycles. The molecule has 152 valence electrons. The molecule has 0 spiro atoms. The molecule has 1 aliphatic heterocycles. The second kappa shape index (κ2) is 8.36. The molecule has 9 heteroatoms. The number of carbonyl (C=O) groups excluding carboxylic acids is 2. The Morgan fingerprint density at radius 3 is 2.45 bits per heavy atom. The highest BCUT2D eigenvalue weighted by atomic mass is 32.2. The third kappa shape index (κ3) is 4.94. The number of rotatable bonds is 7. The highest BCUT2D eigenvalue weighted by Gasteiger charge is 2.39. The van der Waals surface area contributed by atoms with Crippen LogP contribution in [0.2, 0.25) is 0 Å². The molecular weight excluding hydrogens is 398 g/mol. The lowest BCUT2D eigenvalue weighted by atomic mass is 10.0. The first kappa shape index (κ1) is 16.6. The minimum atomic E-state index is -5.06. The van der Waals surface area contributed by atoms with Gasteiger partial charge in [0, 0.05) is 5.56 Å². The van der Waals surface area contributed by atoms with Crippen molar-refractivity contribution in [2.45, 2.75) is 18.2 Å². The number of nitrogens with two attached hydrogens (primary N) is 1. The van der Waals surface area contributed by atoms with E-state index in [-0.39, 0.29) is 17.5 Å². The Morgan fingerprint density at radius 2 is 1.83 bits per heavy atom. The average molecular weight is 420 g/mol. The molecule has 1 atom stereocenters. The molecular formula is C20H19NO7S. The summed E-state index contributed by atoms with van der Waals surface area (Å²) in [6, 6.07) is 12.6. The zero-order valence-electron chi connectivity index (χ0n) is 18.2. The molecule has 1 aliphatic rings. The summed E-state index contributed by atoms with van der Waals surface area (Å²) < 4.78 is 64.1. The van der Waals surface area contributed by atoms with Crippen LogP contribution in [0.1, 0.15) is 26.9 Å². The summed E-state index contributed by atoms with van der Waals surface area (Å²) in [4.78, 5) is 24.2. The summed E-state index contributed by atoms with van der Waals surface area (Å²) in [7, 11) is -3.82. The topological polar surface area (TPSA) is 122 Å². The smallest absolute Gasteiger partial charge is 0.313 e. The normalized spacial score (nSPS) is 21.0. The number of methoxy groups -OCH3 is 1. The molecule has 3 rings (SSSR count). The van der Waals surface area contributed by atoms with Crippen LogP contribution in [-0.4, -0.2) is 27.3 Å². The summed E-state index contributed by atoms with van der Waals surface area (Å²) in [5.74, 6) is -3.45. The van der Waals surface area contributed by atoms with Gasteiger partial charge in [-0.25, -0.2) is 0 Å². The molecule has 0 aliphatic carbocycles. The zero-order valence-corrected chi connectivity index (χ0v) is 16.1. The molecule has 0 aromatic heterocycles. The Labute approximate surface area is 172 Å². The summed E-state index contributed by atoms with van der Waals surface area (Å²) >= 11 is 0. The average Bonchev–Trinajstić information content (AvgIpc) is 2.98. The third-order valence-corrected chi connectivity index (χ3v) is 4.72. The van der Waals surface area contributed by atoms with Crippen LogP contribution in [0.5, 0.6) is 0 Å². The molecule has 8 nitrogen and oxygen atoms in total. The van der Waals surface area contributed by atoms with Crippen molar-refractivity contribution in [1.29, 1.82) is 0 Å². The lowest BCUT2D eigenvalue weighted by molar-refractivity contribution is -0.139. The van der Waals surface area contributed by atoms with Crippen LogP contribution >= 0.6 is 0 Å². The van der Waals surface area contributed by atoms with E-state index in [9.17, 15) is 18.0 Å². The lowest BCUT2D eigenvalue weighted by Gasteiger charge is -2.10. The van der Waals surface area contributed by atoms with Crippen molar-refractivity contribution in [2.75, 3.05) is 7.11 Å². The van der Waals surface area contributed by atoms with E-state index >= 15 is 0 Å². The molecule has 0 saturated heterocycles. The van der Waals surface area contributed by atoms with Gasteiger partial charge < -0.3 is 19.4 Å². The van der Waals surface area contributed by atoms with Gasteiger partial charge in [0.25, 0.3) is 0 Å². The number of hydrogen-bond donors (Lipinski definition) is 1. The molecule has 0 fully saturated rings. The van der Waals surface area contributed by atoms with Crippen LogP contribution in [-0.2, 0) is 45.5 Å². The van der Waals surface area contributed by atoms with Crippen LogP contribution in [0.15, 0.2) is 66.2 Å². The number of hydrogen-bond acceptors (Lipinski definition) is 8. The van der Waals surface area contributed by atoms with E-state index in [4.69, 9.17) is 18.8 Å². The minimum absolute atomic E-state index is 0.00105. The fourth-order valence-corrected chi connectivity index (χ4v) is 3.32. The monoisotopic (exact) mass is 420 g/mol. The SMILES string of the molecule is [2H]C([2H])(c1ccccc1)S(=O)(=O)OC1=C(N)O[C@]([2H])(c2ccc(CC(=O)OC)cc2)C1=O. The molecule has 2 N–H and O–H groups in total. The second-order valence-electron chi connectivity index (χ2n) is 5.91. The van der Waals surface area contributed by atoms with Gasteiger partial charge in [-0.15, -0.1) is 0 Å². The van der Waals surface area contributed by atoms with E-state index in [1.54, 1.807) is 6.07 Å². The molecule has 0 saturated carbocycles. The molecule has 0 amide bonds. The van der Waals surface area contributed by atoms with E-state index in [0.29, 0.717) is 5.56 Å². The predicted molar refractivity (Wildman–Crippen MR) is 102 cm³/mol. The summed E-state index contributed by atoms with van der Waals surface area (Å²) in [5, 5.41) is 0. The summed E-state index contributed by atoms with van der Waals surface area (Å²) in [6.45, 7) is 0. The number of Topliss-reactive ketones (excluding diaryl/α,β-unsaturated/α-hetero) is 1. The Kier molecular flexibility index (Phi) is 4.79. The van der Waals surface area contributed by atoms with Crippen LogP contribution in [0.25, 0.3) is 0 Å². The van der Waals surface area contributed by atoms with Crippen molar-refractivity contribution in [2.24, 2.45) is 5.73 Å². The maximum Gasteiger partial charge on any atom is 0.313 e. The number of esters is 1. The van der Waals surface area contributed by atoms with Crippen LogP contribution < -0.4 is 5.73 Å². The predicted octanol–water partition coefficient (Wildman–Crippen LogP) is 1.72. The minimum Gasteiger partial charge on any atom is -0.469 e. The number of benzene rings is 2. The van der Waals surface area contributed by atoms with Gasteiger partial charge in [0.05, 0.1) is 17.6 Å². The van der Waals surface area contributed by atoms with Crippen molar-refractivity contribution in [3.05, 3.63) is 82.9 Å². The van der Waals surface area contributed by atoms with Gasteiger partial charge in [-0.05, 0) is 11.1 Å². The third-order valence-electron chi connectivity index (χ3n) is 3.85. The van der Waals surface area contributed by atoms with Crippen molar-refractivity contribution in [3.8, 4) is 0 Å². The van der Waals surface area contributed by atoms with Crippen molar-refractivity contribution < 1.29 is 35.8 Å². The van der Waals surface area contributed by atoms with Crippen molar-refractivity contribution in [1.82, 2.24) is 0 Å². The molecule has 0 bridgehead atoms. The van der Waals surface area contributed by atoms with E-state index in [1.807, 2.05) is 0 Å². The Bertz CT molecular complexity index is 1180. The first-order valence-corrected chi connectivity index (χ1v) is 9.72. The van der Waals surface area contributed by atoms with Gasteiger partial charge in [0.1, 0.15) is 5.70 Å². The Balaban J connectivity index is 1.86. The number of carbonyl (C=O) groups is 2. The van der Waals surface area contributed by atoms with Crippen molar-refractivity contribution >= 4 is 21.9 Å². The van der Waals surface area contributed by atoms with Crippen LogP contribution in [0.4, 0.5) is 0 Å². The molecule has 2 aromatic rings. The van der Waals surface area contributed by atoms with E-state index < -0.39 is 45.3 Å². The maximum atomic E-state index is 12.9. The van der Waals surface area contributed by atoms with Crippen molar-refractivity contribution in [3.63, 3.8) is 0 Å². The molecule has 29 heavy (non-hydrogen) atoms. The lowest BCUT2D eigenvalue weighted by Crippen LogP contribution is -2.16. The Hall–Kier alpha value is -3.33. The highest BCUT2D eigenvalue weighted by Crippen LogP contribution is 2.32. The van der Waals surface area contributed by atoms with Crippen LogP contribution in [0, 0.1) is 0 Å². The standard InChI is InChI=1S/C20H19NO7S/c1-26-16(22)11-13-7-9-15(10-8-13)18-17(23)19(20(21)27-18)28-29(24,25)12-14-5-3-2-4-6-14/h2-10,18H,11-12,21H2,1H3/t18-/m1/s1/i12D2,18D. The van der Waals surface area contributed by atoms with Gasteiger partial charge in [-0.2, -0.15) is 8.42 Å². The van der Waals surface area contributed by atoms with Gasteiger partial charge in [-0.3, -0.25) is 9.59 Å². The maximum absolute atomic E-state index is 12.9. The zero-order chi connectivity index (χ0) is 23.7. The number of ketones is 1.